The van der Waals surface area contributed by atoms with Gasteiger partial charge in [-0.2, -0.15) is 0 Å². The molecule has 0 radical (unpaired) electrons. The monoisotopic (exact) mass is 318 g/mol. The van der Waals surface area contributed by atoms with Gasteiger partial charge in [0, 0.05) is 0 Å². The zero-order valence-corrected chi connectivity index (χ0v) is 15.6. The van der Waals surface area contributed by atoms with Crippen molar-refractivity contribution in [2.45, 2.75) is 40.5 Å². The third-order valence-corrected chi connectivity index (χ3v) is 4.13. The smallest absolute Gasteiger partial charge is 0.00265 e. The van der Waals surface area contributed by atoms with Gasteiger partial charge in [-0.25, -0.2) is 0 Å². The molecule has 0 aliphatic heterocycles. The molecule has 0 heteroatoms. The van der Waals surface area contributed by atoms with Gasteiger partial charge in [-0.05, 0) is 61.4 Å². The molecule has 0 saturated heterocycles. The number of rotatable bonds is 5. The summed E-state index contributed by atoms with van der Waals surface area (Å²) in [5, 5.41) is 0. The van der Waals surface area contributed by atoms with Crippen molar-refractivity contribution >= 4 is 5.57 Å². The van der Waals surface area contributed by atoms with Crippen molar-refractivity contribution in [1.29, 1.82) is 0 Å². The maximum absolute atomic E-state index is 3.89. The Labute approximate surface area is 148 Å². The minimum Gasteiger partial charge on any atom is -0.0988 e. The Morgan fingerprint density at radius 3 is 2.04 bits per heavy atom. The van der Waals surface area contributed by atoms with E-state index in [1.807, 2.05) is 25.1 Å². The molecule has 0 aliphatic carbocycles. The molecule has 126 valence electrons. The molecule has 2 aromatic rings. The van der Waals surface area contributed by atoms with Crippen molar-refractivity contribution in [2.24, 2.45) is 0 Å². The van der Waals surface area contributed by atoms with Crippen LogP contribution in [0.3, 0.4) is 0 Å². The van der Waals surface area contributed by atoms with E-state index in [-0.39, 0.29) is 0 Å². The van der Waals surface area contributed by atoms with Crippen molar-refractivity contribution in [1.82, 2.24) is 0 Å². The highest BCUT2D eigenvalue weighted by atomic mass is 14.1. The van der Waals surface area contributed by atoms with E-state index in [0.29, 0.717) is 0 Å². The molecule has 2 aromatic carbocycles. The first-order valence-corrected chi connectivity index (χ1v) is 8.59. The average Bonchev–Trinajstić information content (AvgIpc) is 2.60. The molecule has 0 saturated carbocycles. The van der Waals surface area contributed by atoms with Crippen LogP contribution >= 0.6 is 0 Å². The minimum absolute atomic E-state index is 1.00. The standard InChI is InChI=1S/C14H18.C10H12/c1-4-12(5-2)11-14-10-8-7-9-13(14)6-3;1-8(2)10-7-5-4-6-9(10)3/h4-5,7-10H,1,6,11H2,2-3H3;4-7H,1H2,2-3H3/b12-5-;. The molecule has 0 amide bonds. The summed E-state index contributed by atoms with van der Waals surface area (Å²) in [6, 6.07) is 16.9. The molecule has 24 heavy (non-hydrogen) atoms. The van der Waals surface area contributed by atoms with E-state index in [0.717, 1.165) is 18.4 Å². The molecule has 0 atom stereocenters. The first-order chi connectivity index (χ1) is 11.5. The summed E-state index contributed by atoms with van der Waals surface area (Å²) in [6.45, 7) is 16.1. The van der Waals surface area contributed by atoms with Gasteiger partial charge in [-0.1, -0.05) is 86.3 Å². The third-order valence-electron chi connectivity index (χ3n) is 4.13. The van der Waals surface area contributed by atoms with Crippen LogP contribution in [0.2, 0.25) is 0 Å². The first-order valence-electron chi connectivity index (χ1n) is 8.59. The molecule has 0 nitrogen and oxygen atoms in total. The lowest BCUT2D eigenvalue weighted by atomic mass is 9.98. The van der Waals surface area contributed by atoms with E-state index in [2.05, 4.69) is 76.4 Å². The van der Waals surface area contributed by atoms with E-state index >= 15 is 0 Å². The lowest BCUT2D eigenvalue weighted by Crippen LogP contribution is -1.93. The number of hydrogen-bond acceptors (Lipinski definition) is 0. The molecular weight excluding hydrogens is 288 g/mol. The van der Waals surface area contributed by atoms with Crippen LogP contribution in [0, 0.1) is 6.92 Å². The van der Waals surface area contributed by atoms with E-state index in [1.165, 1.54) is 27.8 Å². The largest absolute Gasteiger partial charge is 0.0988 e. The van der Waals surface area contributed by atoms with Crippen LogP contribution in [-0.2, 0) is 12.8 Å². The van der Waals surface area contributed by atoms with Gasteiger partial charge in [0.25, 0.3) is 0 Å². The van der Waals surface area contributed by atoms with Crippen LogP contribution in [0.15, 0.2) is 79.4 Å². The summed E-state index contributed by atoms with van der Waals surface area (Å²) < 4.78 is 0. The molecule has 0 aromatic heterocycles. The van der Waals surface area contributed by atoms with Crippen LogP contribution in [0.5, 0.6) is 0 Å². The van der Waals surface area contributed by atoms with E-state index < -0.39 is 0 Å². The lowest BCUT2D eigenvalue weighted by molar-refractivity contribution is 1.06. The Morgan fingerprint density at radius 2 is 1.58 bits per heavy atom. The normalized spacial score (nSPS) is 10.6. The Balaban J connectivity index is 0.000000254. The van der Waals surface area contributed by atoms with Crippen molar-refractivity contribution in [3.05, 3.63) is 102 Å². The highest BCUT2D eigenvalue weighted by molar-refractivity contribution is 5.63. The summed E-state index contributed by atoms with van der Waals surface area (Å²) in [5.74, 6) is 0. The minimum atomic E-state index is 1.00. The highest BCUT2D eigenvalue weighted by Crippen LogP contribution is 2.15. The van der Waals surface area contributed by atoms with Gasteiger partial charge in [-0.15, -0.1) is 0 Å². The fourth-order valence-corrected chi connectivity index (χ4v) is 2.64. The molecule has 2 rings (SSSR count). The molecule has 0 spiro atoms. The fraction of sp³-hybridized carbons (Fsp3) is 0.250. The SMILES string of the molecule is C=C(C)c1ccccc1C.C=C/C(=C/C)Cc1ccccc1CC. The quantitative estimate of drug-likeness (QED) is 0.523. The molecule has 0 N–H and O–H groups in total. The molecular formula is C24H30. The topological polar surface area (TPSA) is 0 Å². The molecule has 0 fully saturated rings. The Morgan fingerprint density at radius 1 is 1.00 bits per heavy atom. The van der Waals surface area contributed by atoms with E-state index in [1.54, 1.807) is 0 Å². The Kier molecular flexibility index (Phi) is 8.57. The number of hydrogen-bond donors (Lipinski definition) is 0. The number of aryl methyl sites for hydroxylation is 2. The lowest BCUT2D eigenvalue weighted by Gasteiger charge is -2.07. The second kappa shape index (κ2) is 10.4. The van der Waals surface area contributed by atoms with Crippen molar-refractivity contribution < 1.29 is 0 Å². The predicted octanol–water partition coefficient (Wildman–Crippen LogP) is 6.95. The zero-order valence-electron chi connectivity index (χ0n) is 15.6. The summed E-state index contributed by atoms with van der Waals surface area (Å²) in [6.07, 6.45) is 6.17. The molecule has 0 aliphatic rings. The second-order valence-electron chi connectivity index (χ2n) is 5.96. The third kappa shape index (κ3) is 6.04. The summed E-state index contributed by atoms with van der Waals surface area (Å²) in [7, 11) is 0. The fourth-order valence-electron chi connectivity index (χ4n) is 2.64. The Bertz CT molecular complexity index is 701. The van der Waals surface area contributed by atoms with Crippen molar-refractivity contribution in [3.8, 4) is 0 Å². The summed E-state index contributed by atoms with van der Waals surface area (Å²) in [5.41, 5.74) is 7.86. The van der Waals surface area contributed by atoms with Crippen LogP contribution in [0.1, 0.15) is 43.0 Å². The highest BCUT2D eigenvalue weighted by Gasteiger charge is 2.00. The van der Waals surface area contributed by atoms with Gasteiger partial charge in [0.2, 0.25) is 0 Å². The number of benzene rings is 2. The summed E-state index contributed by atoms with van der Waals surface area (Å²) in [4.78, 5) is 0. The average molecular weight is 319 g/mol. The van der Waals surface area contributed by atoms with Gasteiger partial charge in [0.1, 0.15) is 0 Å². The number of allylic oxidation sites excluding steroid dienone is 4. The van der Waals surface area contributed by atoms with Crippen molar-refractivity contribution in [2.75, 3.05) is 0 Å². The molecule has 0 bridgehead atoms. The van der Waals surface area contributed by atoms with Crippen LogP contribution in [0.4, 0.5) is 0 Å². The molecule has 0 unspecified atom stereocenters. The zero-order chi connectivity index (χ0) is 17.9. The second-order valence-corrected chi connectivity index (χ2v) is 5.96. The van der Waals surface area contributed by atoms with Gasteiger partial charge in [0.05, 0.1) is 0 Å². The molecule has 0 heterocycles. The van der Waals surface area contributed by atoms with Crippen molar-refractivity contribution in [3.63, 3.8) is 0 Å². The first kappa shape index (κ1) is 19.7. The maximum atomic E-state index is 3.89. The maximum Gasteiger partial charge on any atom is -0.00265 e. The van der Waals surface area contributed by atoms with Gasteiger partial charge in [-0.3, -0.25) is 0 Å². The van der Waals surface area contributed by atoms with Gasteiger partial charge in [0.15, 0.2) is 0 Å². The van der Waals surface area contributed by atoms with Crippen LogP contribution < -0.4 is 0 Å². The summed E-state index contributed by atoms with van der Waals surface area (Å²) >= 11 is 0. The predicted molar refractivity (Wildman–Crippen MR) is 109 cm³/mol. The van der Waals surface area contributed by atoms with Crippen LogP contribution in [0.25, 0.3) is 5.57 Å². The van der Waals surface area contributed by atoms with E-state index in [9.17, 15) is 0 Å². The Hall–Kier alpha value is -2.34. The van der Waals surface area contributed by atoms with E-state index in [4.69, 9.17) is 0 Å². The van der Waals surface area contributed by atoms with Gasteiger partial charge >= 0.3 is 0 Å². The van der Waals surface area contributed by atoms with Crippen LogP contribution in [-0.4, -0.2) is 0 Å². The van der Waals surface area contributed by atoms with Gasteiger partial charge < -0.3 is 0 Å².